The summed E-state index contributed by atoms with van der Waals surface area (Å²) in [6.07, 6.45) is -9.24. The van der Waals surface area contributed by atoms with Crippen molar-refractivity contribution in [3.05, 3.63) is 92.9 Å². The Morgan fingerprint density at radius 3 is 2.14 bits per heavy atom. The van der Waals surface area contributed by atoms with E-state index < -0.39 is 46.5 Å². The van der Waals surface area contributed by atoms with Crippen LogP contribution in [0.4, 0.5) is 26.3 Å². The number of nitrogens with one attached hydrogen (secondary N) is 1. The molecule has 3 atom stereocenters. The number of piperidine rings is 1. The molecule has 0 radical (unpaired) electrons. The van der Waals surface area contributed by atoms with Gasteiger partial charge in [0, 0.05) is 13.0 Å². The molecule has 43 heavy (non-hydrogen) atoms. The van der Waals surface area contributed by atoms with Crippen molar-refractivity contribution in [3.8, 4) is 0 Å². The minimum absolute atomic E-state index is 0.0566. The fraction of sp³-hybridized carbons (Fsp3) is 0.467. The van der Waals surface area contributed by atoms with E-state index in [1.165, 1.54) is 6.92 Å². The summed E-state index contributed by atoms with van der Waals surface area (Å²) >= 11 is 0. The highest BCUT2D eigenvalue weighted by molar-refractivity contribution is 5.79. The van der Waals surface area contributed by atoms with Gasteiger partial charge in [-0.25, -0.2) is 4.79 Å². The summed E-state index contributed by atoms with van der Waals surface area (Å²) in [5.74, 6) is -0.413. The van der Waals surface area contributed by atoms with E-state index in [0.717, 1.165) is 5.56 Å². The van der Waals surface area contributed by atoms with Crippen LogP contribution in [0.5, 0.6) is 0 Å². The molecule has 1 N–H and O–H groups in total. The number of ether oxygens (including phenoxy) is 1. The number of hydrogen-bond acceptors (Lipinski definition) is 6. The fourth-order valence-corrected chi connectivity index (χ4v) is 5.98. The molecule has 2 aliphatic heterocycles. The highest BCUT2D eigenvalue weighted by Gasteiger charge is 2.51. The van der Waals surface area contributed by atoms with Gasteiger partial charge in [-0.2, -0.15) is 26.3 Å². The molecule has 1 aromatic heterocycles. The Hall–Kier alpha value is -3.58. The van der Waals surface area contributed by atoms with Crippen molar-refractivity contribution in [2.75, 3.05) is 13.2 Å². The highest BCUT2D eigenvalue weighted by atomic mass is 19.4. The van der Waals surface area contributed by atoms with Crippen LogP contribution in [-0.2, 0) is 34.0 Å². The molecular formula is C30H30F6N2O5. The van der Waals surface area contributed by atoms with Crippen molar-refractivity contribution in [1.82, 2.24) is 10.2 Å². The molecular weight excluding hydrogens is 582 g/mol. The summed E-state index contributed by atoms with van der Waals surface area (Å²) in [5, 5.41) is 3.52. The lowest BCUT2D eigenvalue weighted by Crippen LogP contribution is -2.62. The fourth-order valence-electron chi connectivity index (χ4n) is 5.98. The Balaban J connectivity index is 1.39. The molecule has 0 unspecified atom stereocenters. The van der Waals surface area contributed by atoms with Crippen LogP contribution in [0.25, 0.3) is 0 Å². The third-order valence-corrected chi connectivity index (χ3v) is 8.57. The average Bonchev–Trinajstić information content (AvgIpc) is 3.44. The lowest BCUT2D eigenvalue weighted by Gasteiger charge is -2.49. The second-order valence-electron chi connectivity index (χ2n) is 11.2. The maximum atomic E-state index is 13.5. The first kappa shape index (κ1) is 30.9. The van der Waals surface area contributed by atoms with Crippen LogP contribution < -0.4 is 11.1 Å². The minimum atomic E-state index is -4.97. The Labute approximate surface area is 242 Å². The lowest BCUT2D eigenvalue weighted by atomic mass is 9.75. The van der Waals surface area contributed by atoms with Crippen LogP contribution in [0.3, 0.4) is 0 Å². The van der Waals surface area contributed by atoms with E-state index in [9.17, 15) is 35.9 Å². The quantitative estimate of drug-likeness (QED) is 0.307. The predicted octanol–water partition coefficient (Wildman–Crippen LogP) is 6.50. The van der Waals surface area contributed by atoms with E-state index in [4.69, 9.17) is 13.6 Å². The maximum absolute atomic E-state index is 13.5. The van der Waals surface area contributed by atoms with Crippen molar-refractivity contribution in [1.29, 1.82) is 0 Å². The molecule has 0 aliphatic carbocycles. The summed E-state index contributed by atoms with van der Waals surface area (Å²) in [5.41, 5.74) is -3.68. The smallest absolute Gasteiger partial charge is 0.396 e. The zero-order valence-electron chi connectivity index (χ0n) is 23.4. The van der Waals surface area contributed by atoms with Crippen molar-refractivity contribution < 1.29 is 44.7 Å². The molecule has 7 nitrogen and oxygen atoms in total. The van der Waals surface area contributed by atoms with Crippen molar-refractivity contribution >= 4 is 5.91 Å². The van der Waals surface area contributed by atoms with Crippen LogP contribution in [0.1, 0.15) is 72.5 Å². The Kier molecular flexibility index (Phi) is 8.01. The molecule has 3 heterocycles. The van der Waals surface area contributed by atoms with Gasteiger partial charge in [0.25, 0.3) is 0 Å². The molecule has 13 heteroatoms. The molecule has 3 aromatic rings. The van der Waals surface area contributed by atoms with Gasteiger partial charge in [-0.05, 0) is 62.4 Å². The monoisotopic (exact) mass is 612 g/mol. The standard InChI is InChI=1S/C30H30F6N2O5/c1-18(20-12-22(29(31,32)33)14-23(13-20)30(34,35)36)41-17-28(21-6-4-3-5-7-21)11-10-27(16-37-28)9-8-25(39)38(27)15-24-19(2)42-26(40)43-24/h3-7,12-14,18,37H,8-11,15-17H2,1-2H3/t18-,27-,28-/m1/s1. The van der Waals surface area contributed by atoms with Crippen LogP contribution in [-0.4, -0.2) is 29.5 Å². The topological polar surface area (TPSA) is 84.9 Å². The van der Waals surface area contributed by atoms with E-state index in [1.54, 1.807) is 11.8 Å². The third-order valence-electron chi connectivity index (χ3n) is 8.57. The number of nitrogens with zero attached hydrogens (tertiary/aromatic N) is 1. The summed E-state index contributed by atoms with van der Waals surface area (Å²) < 4.78 is 96.8. The lowest BCUT2D eigenvalue weighted by molar-refractivity contribution is -0.143. The molecule has 232 valence electrons. The van der Waals surface area contributed by atoms with Gasteiger partial charge in [0.05, 0.1) is 41.5 Å². The molecule has 2 aliphatic rings. The molecule has 0 saturated carbocycles. The summed E-state index contributed by atoms with van der Waals surface area (Å²) in [6, 6.07) is 10.7. The summed E-state index contributed by atoms with van der Waals surface area (Å²) in [6.45, 7) is 3.31. The number of benzene rings is 2. The minimum Gasteiger partial charge on any atom is -0.396 e. The second-order valence-corrected chi connectivity index (χ2v) is 11.2. The van der Waals surface area contributed by atoms with Gasteiger partial charge < -0.3 is 23.8 Å². The van der Waals surface area contributed by atoms with Crippen LogP contribution in [0.2, 0.25) is 0 Å². The number of likely N-dealkylation sites (tertiary alicyclic amines) is 1. The molecule has 5 rings (SSSR count). The van der Waals surface area contributed by atoms with Gasteiger partial charge in [0.2, 0.25) is 5.91 Å². The van der Waals surface area contributed by atoms with Gasteiger partial charge in [-0.1, -0.05) is 30.3 Å². The molecule has 2 saturated heterocycles. The van der Waals surface area contributed by atoms with Gasteiger partial charge in [-0.3, -0.25) is 4.79 Å². The number of amides is 1. The van der Waals surface area contributed by atoms with E-state index in [-0.39, 0.29) is 42.2 Å². The van der Waals surface area contributed by atoms with Crippen LogP contribution in [0, 0.1) is 6.92 Å². The molecule has 1 spiro atoms. The van der Waals surface area contributed by atoms with E-state index >= 15 is 0 Å². The molecule has 1 amide bonds. The summed E-state index contributed by atoms with van der Waals surface area (Å²) in [4.78, 5) is 26.2. The van der Waals surface area contributed by atoms with E-state index in [0.29, 0.717) is 44.4 Å². The van der Waals surface area contributed by atoms with Gasteiger partial charge >= 0.3 is 18.2 Å². The molecule has 0 bridgehead atoms. The maximum Gasteiger partial charge on any atom is 0.519 e. The zero-order chi connectivity index (χ0) is 31.2. The first-order chi connectivity index (χ1) is 20.1. The number of halogens is 6. The molecule has 2 fully saturated rings. The SMILES string of the molecule is Cc1oc(=O)oc1CN1C(=O)CC[C@]12CC[C@@](CO[C@H](C)c1cc(C(F)(F)F)cc(C(F)(F)F)c1)(c1ccccc1)NC2. The van der Waals surface area contributed by atoms with Crippen LogP contribution >= 0.6 is 0 Å². The normalized spacial score (nSPS) is 23.7. The average molecular weight is 613 g/mol. The van der Waals surface area contributed by atoms with Crippen molar-refractivity contribution in [2.45, 2.75) is 75.6 Å². The largest absolute Gasteiger partial charge is 0.519 e. The highest BCUT2D eigenvalue weighted by Crippen LogP contribution is 2.44. The molecule has 2 aromatic carbocycles. The van der Waals surface area contributed by atoms with Crippen molar-refractivity contribution in [3.63, 3.8) is 0 Å². The van der Waals surface area contributed by atoms with Gasteiger partial charge in [0.15, 0.2) is 5.76 Å². The number of rotatable bonds is 7. The van der Waals surface area contributed by atoms with Gasteiger partial charge in [-0.15, -0.1) is 0 Å². The number of carbonyl (C=O) groups excluding carboxylic acids is 1. The number of aryl methyl sites for hydroxylation is 1. The number of alkyl halides is 6. The van der Waals surface area contributed by atoms with E-state index in [1.807, 2.05) is 30.3 Å². The van der Waals surface area contributed by atoms with Crippen molar-refractivity contribution in [2.24, 2.45) is 0 Å². The van der Waals surface area contributed by atoms with E-state index in [2.05, 4.69) is 5.32 Å². The van der Waals surface area contributed by atoms with Crippen LogP contribution in [0.15, 0.2) is 62.2 Å². The summed E-state index contributed by atoms with van der Waals surface area (Å²) in [7, 11) is 0. The Bertz CT molecular complexity index is 1490. The Morgan fingerprint density at radius 1 is 0.953 bits per heavy atom. The first-order valence-corrected chi connectivity index (χ1v) is 13.7. The number of carbonyl (C=O) groups is 1. The predicted molar refractivity (Wildman–Crippen MR) is 141 cm³/mol. The second kappa shape index (κ2) is 11.2. The van der Waals surface area contributed by atoms with Gasteiger partial charge in [0.1, 0.15) is 5.76 Å². The zero-order valence-corrected chi connectivity index (χ0v) is 23.4. The third kappa shape index (κ3) is 6.23. The first-order valence-electron chi connectivity index (χ1n) is 13.7. The number of hydrogen-bond donors (Lipinski definition) is 1. The Morgan fingerprint density at radius 2 is 1.60 bits per heavy atom.